The Hall–Kier alpha value is -0.810. The highest BCUT2D eigenvalue weighted by molar-refractivity contribution is 5.75. The number of nitrogens with one attached hydrogen (secondary N) is 1. The first-order chi connectivity index (χ1) is 6.56. The Bertz CT molecular complexity index is 166. The molecule has 0 aliphatic heterocycles. The first-order valence-corrected chi connectivity index (χ1v) is 4.98. The van der Waals surface area contributed by atoms with Crippen molar-refractivity contribution in [3.63, 3.8) is 0 Å². The lowest BCUT2D eigenvalue weighted by atomic mass is 10.1. The number of hydrogen-bond acceptors (Lipinski definition) is 3. The lowest BCUT2D eigenvalue weighted by Crippen LogP contribution is -2.37. The molecule has 0 aromatic rings. The minimum absolute atomic E-state index is 0.127. The van der Waals surface area contributed by atoms with E-state index in [0.29, 0.717) is 12.6 Å². The van der Waals surface area contributed by atoms with Crippen LogP contribution in [0.5, 0.6) is 0 Å². The van der Waals surface area contributed by atoms with Gasteiger partial charge in [0.15, 0.2) is 5.96 Å². The third-order valence-corrected chi connectivity index (χ3v) is 1.79. The van der Waals surface area contributed by atoms with Crippen molar-refractivity contribution in [2.24, 2.45) is 16.5 Å². The average molecular weight is 202 g/mol. The summed E-state index contributed by atoms with van der Waals surface area (Å²) in [7, 11) is 0. The van der Waals surface area contributed by atoms with Crippen LogP contribution in [0.15, 0.2) is 4.99 Å². The Morgan fingerprint density at radius 1 is 1.43 bits per heavy atom. The summed E-state index contributed by atoms with van der Waals surface area (Å²) >= 11 is 0. The molecule has 0 saturated heterocycles. The summed E-state index contributed by atoms with van der Waals surface area (Å²) in [5.74, 6) is 0.127. The fraction of sp³-hybridized carbons (Fsp3) is 0.889. The van der Waals surface area contributed by atoms with Crippen molar-refractivity contribution in [3.05, 3.63) is 0 Å². The predicted octanol–water partition coefficient (Wildman–Crippen LogP) is -0.601. The summed E-state index contributed by atoms with van der Waals surface area (Å²) in [5, 5.41) is 12.3. The topological polar surface area (TPSA) is 96.7 Å². The monoisotopic (exact) mass is 202 g/mol. The van der Waals surface area contributed by atoms with Crippen LogP contribution in [0.25, 0.3) is 0 Å². The number of aliphatic hydroxyl groups is 1. The second kappa shape index (κ2) is 7.58. The molecule has 0 radical (unpaired) electrons. The molecule has 6 N–H and O–H groups in total. The van der Waals surface area contributed by atoms with Crippen LogP contribution in [0.1, 0.15) is 26.7 Å². The highest BCUT2D eigenvalue weighted by Gasteiger charge is 2.07. The minimum Gasteiger partial charge on any atom is -0.395 e. The second-order valence-electron chi connectivity index (χ2n) is 3.65. The molecule has 0 aliphatic rings. The van der Waals surface area contributed by atoms with Gasteiger partial charge in [-0.25, -0.2) is 0 Å². The molecule has 1 atom stereocenters. The molecule has 0 saturated carbocycles. The van der Waals surface area contributed by atoms with E-state index in [0.717, 1.165) is 12.8 Å². The lowest BCUT2D eigenvalue weighted by Gasteiger charge is -2.18. The van der Waals surface area contributed by atoms with Crippen molar-refractivity contribution in [1.82, 2.24) is 5.32 Å². The standard InChI is InChI=1S/C9H22N4O/c1-7(2)13-8(6-14)4-3-5-12-9(10)11/h7-8,13-14H,3-6H2,1-2H3,(H4,10,11,12). The Morgan fingerprint density at radius 3 is 2.50 bits per heavy atom. The molecule has 1 unspecified atom stereocenters. The van der Waals surface area contributed by atoms with E-state index in [9.17, 15) is 0 Å². The van der Waals surface area contributed by atoms with Crippen molar-refractivity contribution in [2.45, 2.75) is 38.8 Å². The number of guanidine groups is 1. The summed E-state index contributed by atoms with van der Waals surface area (Å²) in [4.78, 5) is 3.87. The summed E-state index contributed by atoms with van der Waals surface area (Å²) in [6.45, 7) is 4.88. The Morgan fingerprint density at radius 2 is 2.07 bits per heavy atom. The number of aliphatic hydroxyl groups excluding tert-OH is 1. The highest BCUT2D eigenvalue weighted by atomic mass is 16.3. The van der Waals surface area contributed by atoms with Crippen LogP contribution in [0.2, 0.25) is 0 Å². The van der Waals surface area contributed by atoms with E-state index in [2.05, 4.69) is 24.2 Å². The van der Waals surface area contributed by atoms with Gasteiger partial charge < -0.3 is 21.9 Å². The van der Waals surface area contributed by atoms with Crippen LogP contribution in [0.4, 0.5) is 0 Å². The van der Waals surface area contributed by atoms with E-state index in [4.69, 9.17) is 16.6 Å². The van der Waals surface area contributed by atoms with E-state index in [1.54, 1.807) is 0 Å². The third kappa shape index (κ3) is 7.82. The first-order valence-electron chi connectivity index (χ1n) is 4.98. The molecule has 5 nitrogen and oxygen atoms in total. The van der Waals surface area contributed by atoms with E-state index in [1.807, 2.05) is 0 Å². The molecule has 0 aromatic heterocycles. The quantitative estimate of drug-likeness (QED) is 0.252. The van der Waals surface area contributed by atoms with E-state index in [-0.39, 0.29) is 18.6 Å². The number of aliphatic imine (C=N–C) groups is 1. The Balaban J connectivity index is 3.57. The molecule has 0 bridgehead atoms. The molecule has 0 amide bonds. The Labute approximate surface area is 85.6 Å². The lowest BCUT2D eigenvalue weighted by molar-refractivity contribution is 0.227. The summed E-state index contributed by atoms with van der Waals surface area (Å²) < 4.78 is 0. The van der Waals surface area contributed by atoms with Gasteiger partial charge >= 0.3 is 0 Å². The zero-order valence-electron chi connectivity index (χ0n) is 9.03. The van der Waals surface area contributed by atoms with Gasteiger partial charge in [-0.1, -0.05) is 13.8 Å². The van der Waals surface area contributed by atoms with Gasteiger partial charge in [0.2, 0.25) is 0 Å². The number of nitrogens with two attached hydrogens (primary N) is 2. The van der Waals surface area contributed by atoms with Crippen molar-refractivity contribution in [1.29, 1.82) is 0 Å². The number of rotatable bonds is 7. The van der Waals surface area contributed by atoms with Gasteiger partial charge in [-0.05, 0) is 12.8 Å². The average Bonchev–Trinajstić information content (AvgIpc) is 2.09. The molecule has 14 heavy (non-hydrogen) atoms. The zero-order valence-corrected chi connectivity index (χ0v) is 9.03. The molecule has 0 fully saturated rings. The molecule has 5 heteroatoms. The smallest absolute Gasteiger partial charge is 0.185 e. The number of hydrogen-bond donors (Lipinski definition) is 4. The molecule has 84 valence electrons. The van der Waals surface area contributed by atoms with E-state index >= 15 is 0 Å². The molecule has 0 aliphatic carbocycles. The molecular weight excluding hydrogens is 180 g/mol. The first kappa shape index (κ1) is 13.2. The Kier molecular flexibility index (Phi) is 7.14. The van der Waals surface area contributed by atoms with Crippen molar-refractivity contribution in [2.75, 3.05) is 13.2 Å². The van der Waals surface area contributed by atoms with Gasteiger partial charge in [0, 0.05) is 18.6 Å². The van der Waals surface area contributed by atoms with Gasteiger partial charge in [-0.15, -0.1) is 0 Å². The molecule has 0 rings (SSSR count). The third-order valence-electron chi connectivity index (χ3n) is 1.79. The summed E-state index contributed by atoms with van der Waals surface area (Å²) in [5.41, 5.74) is 10.4. The van der Waals surface area contributed by atoms with Gasteiger partial charge in [0.05, 0.1) is 6.61 Å². The summed E-state index contributed by atoms with van der Waals surface area (Å²) in [6.07, 6.45) is 1.76. The van der Waals surface area contributed by atoms with Crippen LogP contribution >= 0.6 is 0 Å². The maximum absolute atomic E-state index is 9.04. The van der Waals surface area contributed by atoms with Crippen molar-refractivity contribution < 1.29 is 5.11 Å². The second-order valence-corrected chi connectivity index (χ2v) is 3.65. The molecular formula is C9H22N4O. The van der Waals surface area contributed by atoms with Crippen LogP contribution in [-0.4, -0.2) is 36.3 Å². The van der Waals surface area contributed by atoms with Gasteiger partial charge in [-0.3, -0.25) is 4.99 Å². The van der Waals surface area contributed by atoms with Crippen LogP contribution in [0, 0.1) is 0 Å². The maximum atomic E-state index is 9.04. The highest BCUT2D eigenvalue weighted by Crippen LogP contribution is 1.98. The predicted molar refractivity (Wildman–Crippen MR) is 59.1 cm³/mol. The molecule has 0 spiro atoms. The largest absolute Gasteiger partial charge is 0.395 e. The van der Waals surface area contributed by atoms with Gasteiger partial charge in [0.25, 0.3) is 0 Å². The van der Waals surface area contributed by atoms with Crippen molar-refractivity contribution in [3.8, 4) is 0 Å². The minimum atomic E-state index is 0.127. The number of nitrogens with zero attached hydrogens (tertiary/aromatic N) is 1. The fourth-order valence-electron chi connectivity index (χ4n) is 1.24. The SMILES string of the molecule is CC(C)NC(CO)CCCN=C(N)N. The van der Waals surface area contributed by atoms with Crippen LogP contribution in [0.3, 0.4) is 0 Å². The van der Waals surface area contributed by atoms with Crippen molar-refractivity contribution >= 4 is 5.96 Å². The van der Waals surface area contributed by atoms with E-state index < -0.39 is 0 Å². The maximum Gasteiger partial charge on any atom is 0.185 e. The zero-order chi connectivity index (χ0) is 11.0. The normalized spacial score (nSPS) is 12.9. The summed E-state index contributed by atoms with van der Waals surface area (Å²) in [6, 6.07) is 0.527. The van der Waals surface area contributed by atoms with Gasteiger partial charge in [-0.2, -0.15) is 0 Å². The van der Waals surface area contributed by atoms with Crippen LogP contribution < -0.4 is 16.8 Å². The van der Waals surface area contributed by atoms with E-state index in [1.165, 1.54) is 0 Å². The fourth-order valence-corrected chi connectivity index (χ4v) is 1.24. The molecule has 0 heterocycles. The van der Waals surface area contributed by atoms with Crippen LogP contribution in [-0.2, 0) is 0 Å². The molecule has 0 aromatic carbocycles. The van der Waals surface area contributed by atoms with Gasteiger partial charge in [0.1, 0.15) is 0 Å².